The van der Waals surface area contributed by atoms with Gasteiger partial charge in [-0.25, -0.2) is 9.37 Å². The number of nitrogens with zero attached hydrogens (tertiary/aromatic N) is 4. The third-order valence-electron chi connectivity index (χ3n) is 7.18. The smallest absolute Gasteiger partial charge is 0.272 e. The number of anilines is 1. The number of piperazine rings is 1. The van der Waals surface area contributed by atoms with Crippen molar-refractivity contribution in [3.05, 3.63) is 94.6 Å². The molecule has 1 saturated heterocycles. The van der Waals surface area contributed by atoms with Gasteiger partial charge in [-0.3, -0.25) is 4.79 Å². The predicted molar refractivity (Wildman–Crippen MR) is 142 cm³/mol. The largest absolute Gasteiger partial charge is 0.364 e. The van der Waals surface area contributed by atoms with Crippen molar-refractivity contribution in [3.8, 4) is 0 Å². The molecule has 1 aliphatic rings. The second kappa shape index (κ2) is 10.1. The molecule has 1 N–H and O–H groups in total. The summed E-state index contributed by atoms with van der Waals surface area (Å²) in [4.78, 5) is 22.5. The van der Waals surface area contributed by atoms with Crippen molar-refractivity contribution in [1.82, 2.24) is 19.4 Å². The van der Waals surface area contributed by atoms with Crippen LogP contribution in [0.25, 0.3) is 10.9 Å². The molecular formula is C29H32FN5O. The number of aromatic nitrogens is 2. The van der Waals surface area contributed by atoms with E-state index in [2.05, 4.69) is 47.8 Å². The van der Waals surface area contributed by atoms with E-state index >= 15 is 0 Å². The maximum absolute atomic E-state index is 13.5. The molecule has 2 aromatic carbocycles. The molecule has 0 aliphatic carbocycles. The maximum atomic E-state index is 13.5. The molecular weight excluding hydrogens is 453 g/mol. The number of hydrogen-bond donors (Lipinski definition) is 1. The first-order chi connectivity index (χ1) is 17.4. The number of likely N-dealkylation sites (N-methyl/N-ethyl adjacent to an activating group) is 1. The van der Waals surface area contributed by atoms with E-state index < -0.39 is 0 Å². The number of carbonyl (C=O) groups excluding carboxylic acids is 1. The number of benzene rings is 2. The van der Waals surface area contributed by atoms with Crippen LogP contribution in [0.5, 0.6) is 0 Å². The van der Waals surface area contributed by atoms with Crippen molar-refractivity contribution in [1.29, 1.82) is 0 Å². The highest BCUT2D eigenvalue weighted by Crippen LogP contribution is 2.32. The van der Waals surface area contributed by atoms with Gasteiger partial charge in [-0.15, -0.1) is 0 Å². The van der Waals surface area contributed by atoms with Crippen LogP contribution in [0.2, 0.25) is 0 Å². The van der Waals surface area contributed by atoms with Gasteiger partial charge >= 0.3 is 0 Å². The summed E-state index contributed by atoms with van der Waals surface area (Å²) >= 11 is 0. The maximum Gasteiger partial charge on any atom is 0.272 e. The van der Waals surface area contributed by atoms with E-state index in [1.807, 2.05) is 29.2 Å². The molecule has 36 heavy (non-hydrogen) atoms. The van der Waals surface area contributed by atoms with Crippen LogP contribution in [0, 0.1) is 19.7 Å². The van der Waals surface area contributed by atoms with Gasteiger partial charge in [0, 0.05) is 50.3 Å². The SMILES string of the molecule is Cc1c(C)n(Cc2ccccc2)c2c(NCc3ccc(F)cc3)nc(C(=O)N3CCN(C)CC3)cc12. The lowest BCUT2D eigenvalue weighted by molar-refractivity contribution is 0.0658. The number of carbonyl (C=O) groups is 1. The molecule has 0 radical (unpaired) electrons. The molecule has 4 aromatic rings. The molecule has 7 heteroatoms. The second-order valence-corrected chi connectivity index (χ2v) is 9.61. The van der Waals surface area contributed by atoms with Crippen LogP contribution >= 0.6 is 0 Å². The van der Waals surface area contributed by atoms with E-state index in [1.165, 1.54) is 17.7 Å². The van der Waals surface area contributed by atoms with Gasteiger partial charge in [0.05, 0.1) is 5.52 Å². The summed E-state index contributed by atoms with van der Waals surface area (Å²) in [7, 11) is 2.07. The Bertz CT molecular complexity index is 1370. The highest BCUT2D eigenvalue weighted by Gasteiger charge is 2.25. The van der Waals surface area contributed by atoms with Crippen molar-refractivity contribution in [3.63, 3.8) is 0 Å². The van der Waals surface area contributed by atoms with Crippen molar-refractivity contribution in [2.75, 3.05) is 38.5 Å². The molecule has 0 unspecified atom stereocenters. The molecule has 0 bridgehead atoms. The van der Waals surface area contributed by atoms with Gasteiger partial charge in [-0.2, -0.15) is 0 Å². The Balaban J connectivity index is 1.57. The Labute approximate surface area is 211 Å². The van der Waals surface area contributed by atoms with Crippen LogP contribution < -0.4 is 5.32 Å². The Morgan fingerprint density at radius 1 is 0.972 bits per heavy atom. The minimum atomic E-state index is -0.262. The molecule has 2 aromatic heterocycles. The van der Waals surface area contributed by atoms with Crippen molar-refractivity contribution in [2.24, 2.45) is 0 Å². The molecule has 0 atom stereocenters. The summed E-state index contributed by atoms with van der Waals surface area (Å²) < 4.78 is 15.7. The average Bonchev–Trinajstić information content (AvgIpc) is 3.13. The number of halogens is 1. The Morgan fingerprint density at radius 3 is 2.36 bits per heavy atom. The Morgan fingerprint density at radius 2 is 1.67 bits per heavy atom. The van der Waals surface area contributed by atoms with Crippen LogP contribution in [0.4, 0.5) is 10.2 Å². The molecule has 1 aliphatic heterocycles. The molecule has 1 fully saturated rings. The molecule has 6 nitrogen and oxygen atoms in total. The zero-order valence-electron chi connectivity index (χ0n) is 21.1. The first-order valence-corrected chi connectivity index (χ1v) is 12.4. The topological polar surface area (TPSA) is 53.4 Å². The Kier molecular flexibility index (Phi) is 6.74. The van der Waals surface area contributed by atoms with Crippen LogP contribution in [0.15, 0.2) is 60.7 Å². The lowest BCUT2D eigenvalue weighted by Crippen LogP contribution is -2.47. The lowest BCUT2D eigenvalue weighted by Gasteiger charge is -2.32. The number of rotatable bonds is 6. The molecule has 186 valence electrons. The van der Waals surface area contributed by atoms with Crippen molar-refractivity contribution in [2.45, 2.75) is 26.9 Å². The van der Waals surface area contributed by atoms with E-state index in [4.69, 9.17) is 4.98 Å². The van der Waals surface area contributed by atoms with Gasteiger partial charge in [0.15, 0.2) is 5.82 Å². The molecule has 0 saturated carbocycles. The molecule has 5 rings (SSSR count). The third kappa shape index (κ3) is 4.84. The number of pyridine rings is 1. The van der Waals surface area contributed by atoms with Gasteiger partial charge in [0.2, 0.25) is 0 Å². The third-order valence-corrected chi connectivity index (χ3v) is 7.18. The van der Waals surface area contributed by atoms with E-state index in [-0.39, 0.29) is 11.7 Å². The summed E-state index contributed by atoms with van der Waals surface area (Å²) in [6.45, 7) is 8.50. The summed E-state index contributed by atoms with van der Waals surface area (Å²) in [5.41, 5.74) is 5.85. The van der Waals surface area contributed by atoms with Crippen LogP contribution in [-0.4, -0.2) is 58.5 Å². The van der Waals surface area contributed by atoms with E-state index in [1.54, 1.807) is 12.1 Å². The minimum absolute atomic E-state index is 0.0392. The monoisotopic (exact) mass is 485 g/mol. The zero-order chi connectivity index (χ0) is 25.2. The van der Waals surface area contributed by atoms with E-state index in [0.717, 1.165) is 40.8 Å². The lowest BCUT2D eigenvalue weighted by atomic mass is 10.1. The van der Waals surface area contributed by atoms with Crippen molar-refractivity contribution < 1.29 is 9.18 Å². The quantitative estimate of drug-likeness (QED) is 0.425. The van der Waals surface area contributed by atoms with Crippen LogP contribution in [0.1, 0.15) is 32.9 Å². The van der Waals surface area contributed by atoms with Crippen LogP contribution in [0.3, 0.4) is 0 Å². The predicted octanol–water partition coefficient (Wildman–Crippen LogP) is 4.84. The van der Waals surface area contributed by atoms with Gasteiger partial charge in [0.25, 0.3) is 5.91 Å². The number of hydrogen-bond acceptors (Lipinski definition) is 4. The second-order valence-electron chi connectivity index (χ2n) is 9.61. The Hall–Kier alpha value is -3.71. The molecule has 3 heterocycles. The number of amides is 1. The van der Waals surface area contributed by atoms with Gasteiger partial charge in [0.1, 0.15) is 11.5 Å². The van der Waals surface area contributed by atoms with Gasteiger partial charge in [-0.05, 0) is 55.8 Å². The fraction of sp³-hybridized carbons (Fsp3) is 0.310. The fourth-order valence-corrected chi connectivity index (χ4v) is 4.82. The number of fused-ring (bicyclic) bond motifs is 1. The van der Waals surface area contributed by atoms with Crippen LogP contribution in [-0.2, 0) is 13.1 Å². The highest BCUT2D eigenvalue weighted by molar-refractivity contribution is 6.01. The average molecular weight is 486 g/mol. The number of aryl methyl sites for hydroxylation is 1. The standard InChI is InChI=1S/C29H32FN5O/c1-20-21(2)35(19-23-7-5-4-6-8-23)27-25(20)17-26(29(36)34-15-13-33(3)14-16-34)32-28(27)31-18-22-9-11-24(30)12-10-22/h4-12,17H,13-16,18-19H2,1-3H3,(H,31,32). The summed E-state index contributed by atoms with van der Waals surface area (Å²) in [5.74, 6) is 0.367. The van der Waals surface area contributed by atoms with Gasteiger partial charge < -0.3 is 19.7 Å². The zero-order valence-corrected chi connectivity index (χ0v) is 21.1. The van der Waals surface area contributed by atoms with E-state index in [0.29, 0.717) is 37.7 Å². The molecule has 0 spiro atoms. The van der Waals surface area contributed by atoms with Gasteiger partial charge in [-0.1, -0.05) is 42.5 Å². The minimum Gasteiger partial charge on any atom is -0.364 e. The number of nitrogens with one attached hydrogen (secondary N) is 1. The first-order valence-electron chi connectivity index (χ1n) is 12.4. The normalized spacial score (nSPS) is 14.4. The summed E-state index contributed by atoms with van der Waals surface area (Å²) in [6, 6.07) is 18.7. The first kappa shape index (κ1) is 24.0. The summed E-state index contributed by atoms with van der Waals surface area (Å²) in [5, 5.41) is 4.49. The van der Waals surface area contributed by atoms with E-state index in [9.17, 15) is 9.18 Å². The molecule has 1 amide bonds. The summed E-state index contributed by atoms with van der Waals surface area (Å²) in [6.07, 6.45) is 0. The highest BCUT2D eigenvalue weighted by atomic mass is 19.1. The fourth-order valence-electron chi connectivity index (χ4n) is 4.82. The van der Waals surface area contributed by atoms with Crippen molar-refractivity contribution >= 4 is 22.6 Å².